The number of esters is 2. The summed E-state index contributed by atoms with van der Waals surface area (Å²) in [6, 6.07) is 0. The number of carbonyl (C=O) groups excluding carboxylic acids is 2. The van der Waals surface area contributed by atoms with Gasteiger partial charge in [0.25, 0.3) is 0 Å². The molecule has 10 nitrogen and oxygen atoms in total. The molecule has 0 atom stereocenters. The molecule has 346 valence electrons. The molecule has 0 radical (unpaired) electrons. The first kappa shape index (κ1) is 53.4. The number of imidazole rings is 1. The standard InChI is InChI=1S/C50H92N6O4/c1-4-7-10-13-16-25-32-42-59-46(57)36-28-21-17-23-30-38-55(40-33-41-56-44-54-48-49(51)52-43-53-50(48)56)39-31-24-18-22-29-37-47(58)60-45(34-26-19-14-11-8-5-2)35-27-20-15-12-9-6-3/h43-45H,4-42H2,1-3H3,(H2,51,52,53). The number of carbonyl (C=O) groups is 2. The molecule has 0 bridgehead atoms. The average Bonchev–Trinajstić information content (AvgIpc) is 3.67. The molecule has 0 saturated heterocycles. The molecule has 60 heavy (non-hydrogen) atoms. The zero-order chi connectivity index (χ0) is 43.1. The van der Waals surface area contributed by atoms with E-state index in [-0.39, 0.29) is 18.0 Å². The Morgan fingerprint density at radius 3 is 1.60 bits per heavy atom. The van der Waals surface area contributed by atoms with Gasteiger partial charge in [-0.15, -0.1) is 0 Å². The van der Waals surface area contributed by atoms with E-state index >= 15 is 0 Å². The maximum absolute atomic E-state index is 12.9. The van der Waals surface area contributed by atoms with Crippen LogP contribution in [0, 0.1) is 0 Å². The Labute approximate surface area is 367 Å². The number of rotatable bonds is 43. The summed E-state index contributed by atoms with van der Waals surface area (Å²) in [6.45, 7) is 11.4. The first-order valence-corrected chi connectivity index (χ1v) is 25.5. The normalized spacial score (nSPS) is 11.7. The van der Waals surface area contributed by atoms with Crippen molar-refractivity contribution in [1.29, 1.82) is 0 Å². The van der Waals surface area contributed by atoms with Crippen molar-refractivity contribution in [2.45, 2.75) is 252 Å². The molecule has 2 N–H and O–H groups in total. The summed E-state index contributed by atoms with van der Waals surface area (Å²) in [4.78, 5) is 40.6. The summed E-state index contributed by atoms with van der Waals surface area (Å²) in [6.07, 6.45) is 42.6. The Morgan fingerprint density at radius 2 is 1.03 bits per heavy atom. The van der Waals surface area contributed by atoms with Gasteiger partial charge in [-0.05, 0) is 83.8 Å². The van der Waals surface area contributed by atoms with Crippen molar-refractivity contribution in [3.8, 4) is 0 Å². The zero-order valence-electron chi connectivity index (χ0n) is 39.3. The number of anilines is 1. The molecule has 0 aromatic carbocycles. The SMILES string of the molecule is CCCCCCCCCOC(=O)CCCCCCCN(CCCCCCCC(=O)OC(CCCCCCCC)CCCCCCCC)CCCn1cnc2c(N)ncnc21. The summed E-state index contributed by atoms with van der Waals surface area (Å²) >= 11 is 0. The number of aromatic nitrogens is 4. The second kappa shape index (κ2) is 38.0. The number of ether oxygens (including phenoxy) is 2. The molecule has 10 heteroatoms. The van der Waals surface area contributed by atoms with Gasteiger partial charge in [0.05, 0.1) is 12.9 Å². The fraction of sp³-hybridized carbons (Fsp3) is 0.860. The topological polar surface area (TPSA) is 125 Å². The van der Waals surface area contributed by atoms with E-state index in [1.807, 2.05) is 6.33 Å². The Bertz CT molecular complexity index is 1290. The summed E-state index contributed by atoms with van der Waals surface area (Å²) in [5, 5.41) is 0. The van der Waals surface area contributed by atoms with Gasteiger partial charge in [0.1, 0.15) is 17.9 Å². The minimum absolute atomic E-state index is 0.0155. The van der Waals surface area contributed by atoms with Crippen LogP contribution in [0.3, 0.4) is 0 Å². The lowest BCUT2D eigenvalue weighted by Gasteiger charge is -2.22. The number of hydrogen-bond acceptors (Lipinski definition) is 9. The second-order valence-electron chi connectivity index (χ2n) is 17.7. The van der Waals surface area contributed by atoms with Crippen LogP contribution in [-0.2, 0) is 25.6 Å². The van der Waals surface area contributed by atoms with E-state index in [0.717, 1.165) is 102 Å². The summed E-state index contributed by atoms with van der Waals surface area (Å²) in [5.74, 6) is 0.411. The largest absolute Gasteiger partial charge is 0.466 e. The Morgan fingerprint density at radius 1 is 0.567 bits per heavy atom. The first-order chi connectivity index (χ1) is 29.5. The van der Waals surface area contributed by atoms with E-state index in [1.54, 1.807) is 0 Å². The Kier molecular flexibility index (Phi) is 33.8. The highest BCUT2D eigenvalue weighted by atomic mass is 16.5. The fourth-order valence-electron chi connectivity index (χ4n) is 8.26. The lowest BCUT2D eigenvalue weighted by molar-refractivity contribution is -0.150. The van der Waals surface area contributed by atoms with Crippen molar-refractivity contribution in [3.05, 3.63) is 12.7 Å². The van der Waals surface area contributed by atoms with Gasteiger partial charge >= 0.3 is 11.9 Å². The molecule has 2 heterocycles. The van der Waals surface area contributed by atoms with E-state index < -0.39 is 0 Å². The van der Waals surface area contributed by atoms with Crippen LogP contribution in [0.2, 0.25) is 0 Å². The predicted octanol–water partition coefficient (Wildman–Crippen LogP) is 13.5. The van der Waals surface area contributed by atoms with Gasteiger partial charge in [-0.1, -0.05) is 162 Å². The van der Waals surface area contributed by atoms with E-state index in [9.17, 15) is 9.59 Å². The molecule has 0 amide bonds. The highest BCUT2D eigenvalue weighted by molar-refractivity contribution is 5.81. The minimum Gasteiger partial charge on any atom is -0.466 e. The van der Waals surface area contributed by atoms with E-state index in [1.165, 1.54) is 141 Å². The van der Waals surface area contributed by atoms with Crippen molar-refractivity contribution in [2.75, 3.05) is 32.0 Å². The van der Waals surface area contributed by atoms with Gasteiger partial charge in [0.2, 0.25) is 0 Å². The van der Waals surface area contributed by atoms with Gasteiger partial charge in [-0.3, -0.25) is 9.59 Å². The molecule has 0 aliphatic heterocycles. The summed E-state index contributed by atoms with van der Waals surface area (Å²) in [5.41, 5.74) is 7.49. The number of nitrogens with zero attached hydrogens (tertiary/aromatic N) is 5. The van der Waals surface area contributed by atoms with Crippen molar-refractivity contribution < 1.29 is 19.1 Å². The number of hydrogen-bond donors (Lipinski definition) is 1. The van der Waals surface area contributed by atoms with Gasteiger partial charge in [0, 0.05) is 19.4 Å². The molecule has 0 aliphatic carbocycles. The molecule has 0 fully saturated rings. The minimum atomic E-state index is -0.0295. The van der Waals surface area contributed by atoms with Gasteiger partial charge in [-0.2, -0.15) is 0 Å². The lowest BCUT2D eigenvalue weighted by Crippen LogP contribution is -2.28. The van der Waals surface area contributed by atoms with Crippen LogP contribution in [0.4, 0.5) is 5.82 Å². The predicted molar refractivity (Wildman–Crippen MR) is 251 cm³/mol. The van der Waals surface area contributed by atoms with Crippen LogP contribution < -0.4 is 5.73 Å². The van der Waals surface area contributed by atoms with E-state index in [2.05, 4.69) is 45.2 Å². The molecular formula is C50H92N6O4. The number of aryl methyl sites for hydroxylation is 1. The monoisotopic (exact) mass is 841 g/mol. The quantitative estimate of drug-likeness (QED) is 0.0513. The molecule has 2 aromatic rings. The third-order valence-electron chi connectivity index (χ3n) is 12.1. The molecule has 0 spiro atoms. The Hall–Kier alpha value is -2.75. The van der Waals surface area contributed by atoms with Gasteiger partial charge < -0.3 is 24.7 Å². The smallest absolute Gasteiger partial charge is 0.306 e. The van der Waals surface area contributed by atoms with Crippen molar-refractivity contribution in [2.24, 2.45) is 0 Å². The number of unbranched alkanes of at least 4 members (excludes halogenated alkanes) is 24. The molecule has 2 aromatic heterocycles. The second-order valence-corrected chi connectivity index (χ2v) is 17.7. The van der Waals surface area contributed by atoms with E-state index in [0.29, 0.717) is 30.8 Å². The first-order valence-electron chi connectivity index (χ1n) is 25.5. The van der Waals surface area contributed by atoms with Crippen molar-refractivity contribution >= 4 is 28.9 Å². The van der Waals surface area contributed by atoms with Crippen LogP contribution in [0.25, 0.3) is 11.2 Å². The number of nitrogens with two attached hydrogens (primary N) is 1. The molecule has 0 aliphatic rings. The van der Waals surface area contributed by atoms with Crippen LogP contribution in [0.5, 0.6) is 0 Å². The highest BCUT2D eigenvalue weighted by Crippen LogP contribution is 2.19. The van der Waals surface area contributed by atoms with Crippen LogP contribution in [0.15, 0.2) is 12.7 Å². The highest BCUT2D eigenvalue weighted by Gasteiger charge is 2.15. The van der Waals surface area contributed by atoms with E-state index in [4.69, 9.17) is 15.2 Å². The summed E-state index contributed by atoms with van der Waals surface area (Å²) in [7, 11) is 0. The molecule has 0 unspecified atom stereocenters. The lowest BCUT2D eigenvalue weighted by atomic mass is 10.0. The maximum Gasteiger partial charge on any atom is 0.306 e. The maximum atomic E-state index is 12.9. The average molecular weight is 841 g/mol. The molecule has 0 saturated carbocycles. The summed E-state index contributed by atoms with van der Waals surface area (Å²) < 4.78 is 13.6. The van der Waals surface area contributed by atoms with Crippen molar-refractivity contribution in [1.82, 2.24) is 24.4 Å². The van der Waals surface area contributed by atoms with Crippen LogP contribution >= 0.6 is 0 Å². The molecular weight excluding hydrogens is 749 g/mol. The third-order valence-corrected chi connectivity index (χ3v) is 12.1. The third kappa shape index (κ3) is 28.0. The van der Waals surface area contributed by atoms with Crippen molar-refractivity contribution in [3.63, 3.8) is 0 Å². The fourth-order valence-corrected chi connectivity index (χ4v) is 8.26. The van der Waals surface area contributed by atoms with Gasteiger partial charge in [-0.25, -0.2) is 15.0 Å². The Balaban J connectivity index is 1.67. The zero-order valence-corrected chi connectivity index (χ0v) is 39.3. The molecule has 2 rings (SSSR count). The number of nitrogen functional groups attached to an aromatic ring is 1. The van der Waals surface area contributed by atoms with Gasteiger partial charge in [0.15, 0.2) is 11.5 Å². The number of fused-ring (bicyclic) bond motifs is 1. The van der Waals surface area contributed by atoms with Crippen LogP contribution in [0.1, 0.15) is 239 Å². The van der Waals surface area contributed by atoms with Crippen LogP contribution in [-0.4, -0.2) is 68.7 Å².